The smallest absolute Gasteiger partial charge is 0.0936 e. The van der Waals surface area contributed by atoms with Crippen LogP contribution in [-0.2, 0) is 9.47 Å². The molecule has 1 unspecified atom stereocenters. The van der Waals surface area contributed by atoms with Crippen LogP contribution < -0.4 is 0 Å². The zero-order chi connectivity index (χ0) is 12.0. The van der Waals surface area contributed by atoms with Gasteiger partial charge in [-0.2, -0.15) is 0 Å². The molecule has 1 saturated carbocycles. The summed E-state index contributed by atoms with van der Waals surface area (Å²) in [7, 11) is 3.43. The van der Waals surface area contributed by atoms with E-state index in [4.69, 9.17) is 9.47 Å². The Morgan fingerprint density at radius 1 is 1.31 bits per heavy atom. The lowest BCUT2D eigenvalue weighted by atomic mass is 9.75. The number of rotatable bonds is 6. The van der Waals surface area contributed by atoms with Gasteiger partial charge in [0.15, 0.2) is 0 Å². The van der Waals surface area contributed by atoms with E-state index in [1.54, 1.807) is 14.2 Å². The highest BCUT2D eigenvalue weighted by molar-refractivity contribution is 4.92. The van der Waals surface area contributed by atoms with Crippen LogP contribution in [0, 0.1) is 5.92 Å². The zero-order valence-electron chi connectivity index (χ0n) is 10.9. The van der Waals surface area contributed by atoms with Gasteiger partial charge in [0, 0.05) is 20.8 Å². The van der Waals surface area contributed by atoms with Gasteiger partial charge in [-0.15, -0.1) is 0 Å². The molecule has 3 nitrogen and oxygen atoms in total. The highest BCUT2D eigenvalue weighted by Gasteiger charge is 2.40. The molecule has 0 aromatic carbocycles. The first-order valence-corrected chi connectivity index (χ1v) is 6.37. The van der Waals surface area contributed by atoms with Gasteiger partial charge in [0.2, 0.25) is 0 Å². The number of hydrogen-bond donors (Lipinski definition) is 1. The number of hydrogen-bond acceptors (Lipinski definition) is 3. The standard InChI is InChI=1S/C13H26O3/c1-11-6-8-13(16-3,9-7-11)12(14)5-4-10-15-2/h11-12,14H,4-10H2,1-3H3. The van der Waals surface area contributed by atoms with E-state index in [0.717, 1.165) is 44.4 Å². The third-order valence-electron chi connectivity index (χ3n) is 3.96. The van der Waals surface area contributed by atoms with Gasteiger partial charge in [-0.25, -0.2) is 0 Å². The summed E-state index contributed by atoms with van der Waals surface area (Å²) in [6.07, 6.45) is 5.62. The number of ether oxygens (including phenoxy) is 2. The fraction of sp³-hybridized carbons (Fsp3) is 1.00. The maximum absolute atomic E-state index is 10.3. The van der Waals surface area contributed by atoms with Crippen molar-refractivity contribution < 1.29 is 14.6 Å². The molecular weight excluding hydrogens is 204 g/mol. The molecule has 0 spiro atoms. The van der Waals surface area contributed by atoms with Crippen LogP contribution in [-0.4, -0.2) is 37.6 Å². The molecule has 0 aromatic heterocycles. The molecule has 96 valence electrons. The van der Waals surface area contributed by atoms with E-state index in [1.165, 1.54) is 0 Å². The van der Waals surface area contributed by atoms with Crippen molar-refractivity contribution in [1.29, 1.82) is 0 Å². The van der Waals surface area contributed by atoms with Crippen LogP contribution in [0.25, 0.3) is 0 Å². The summed E-state index contributed by atoms with van der Waals surface area (Å²) in [6, 6.07) is 0. The molecule has 0 amide bonds. The van der Waals surface area contributed by atoms with E-state index in [1.807, 2.05) is 0 Å². The normalized spacial score (nSPS) is 32.6. The maximum atomic E-state index is 10.3. The van der Waals surface area contributed by atoms with Gasteiger partial charge in [0.1, 0.15) is 0 Å². The highest BCUT2D eigenvalue weighted by atomic mass is 16.5. The Balaban J connectivity index is 2.44. The van der Waals surface area contributed by atoms with E-state index in [0.29, 0.717) is 6.61 Å². The fourth-order valence-electron chi connectivity index (χ4n) is 2.61. The molecule has 1 aliphatic carbocycles. The quantitative estimate of drug-likeness (QED) is 0.712. The highest BCUT2D eigenvalue weighted by Crippen LogP contribution is 2.38. The van der Waals surface area contributed by atoms with Gasteiger partial charge in [-0.1, -0.05) is 6.92 Å². The molecule has 0 heterocycles. The van der Waals surface area contributed by atoms with E-state index < -0.39 is 0 Å². The van der Waals surface area contributed by atoms with Gasteiger partial charge < -0.3 is 14.6 Å². The molecule has 3 heteroatoms. The summed E-state index contributed by atoms with van der Waals surface area (Å²) in [5, 5.41) is 10.3. The van der Waals surface area contributed by atoms with Crippen LogP contribution in [0.1, 0.15) is 45.4 Å². The van der Waals surface area contributed by atoms with Gasteiger partial charge in [0.25, 0.3) is 0 Å². The first-order valence-electron chi connectivity index (χ1n) is 6.37. The summed E-state index contributed by atoms with van der Waals surface area (Å²) in [5.74, 6) is 0.773. The monoisotopic (exact) mass is 230 g/mol. The van der Waals surface area contributed by atoms with Crippen LogP contribution in [0.5, 0.6) is 0 Å². The predicted molar refractivity (Wildman–Crippen MR) is 64.5 cm³/mol. The summed E-state index contributed by atoms with van der Waals surface area (Å²) >= 11 is 0. The minimum atomic E-state index is -0.347. The van der Waals surface area contributed by atoms with E-state index >= 15 is 0 Å². The molecular formula is C13H26O3. The SMILES string of the molecule is COCCCC(O)C1(OC)CCC(C)CC1. The first-order chi connectivity index (χ1) is 7.64. The molecule has 0 aliphatic heterocycles. The largest absolute Gasteiger partial charge is 0.390 e. The van der Waals surface area contributed by atoms with Gasteiger partial charge >= 0.3 is 0 Å². The summed E-state index contributed by atoms with van der Waals surface area (Å²) in [4.78, 5) is 0. The number of aliphatic hydroxyl groups excluding tert-OH is 1. The first kappa shape index (κ1) is 13.9. The lowest BCUT2D eigenvalue weighted by molar-refractivity contribution is -0.131. The lowest BCUT2D eigenvalue weighted by Gasteiger charge is -2.41. The molecule has 0 aromatic rings. The Morgan fingerprint density at radius 3 is 2.44 bits per heavy atom. The Labute approximate surface area is 99.1 Å². The molecule has 1 aliphatic rings. The minimum absolute atomic E-state index is 0.291. The third kappa shape index (κ3) is 3.44. The summed E-state index contributed by atoms with van der Waals surface area (Å²) in [5.41, 5.74) is -0.291. The van der Waals surface area contributed by atoms with Gasteiger partial charge in [-0.3, -0.25) is 0 Å². The van der Waals surface area contributed by atoms with Crippen molar-refractivity contribution in [3.8, 4) is 0 Å². The molecule has 1 atom stereocenters. The Bertz CT molecular complexity index is 186. The van der Waals surface area contributed by atoms with Crippen LogP contribution >= 0.6 is 0 Å². The third-order valence-corrected chi connectivity index (χ3v) is 3.96. The average Bonchev–Trinajstić information content (AvgIpc) is 2.31. The van der Waals surface area contributed by atoms with Crippen molar-refractivity contribution in [2.24, 2.45) is 5.92 Å². The number of aliphatic hydroxyl groups is 1. The molecule has 0 saturated heterocycles. The predicted octanol–water partition coefficient (Wildman–Crippen LogP) is 2.37. The van der Waals surface area contributed by atoms with Gasteiger partial charge in [0.05, 0.1) is 11.7 Å². The van der Waals surface area contributed by atoms with Crippen molar-refractivity contribution in [3.05, 3.63) is 0 Å². The molecule has 1 fully saturated rings. The average molecular weight is 230 g/mol. The van der Waals surface area contributed by atoms with Crippen molar-refractivity contribution >= 4 is 0 Å². The van der Waals surface area contributed by atoms with Crippen LogP contribution in [0.15, 0.2) is 0 Å². The maximum Gasteiger partial charge on any atom is 0.0936 e. The van der Waals surface area contributed by atoms with Crippen molar-refractivity contribution in [3.63, 3.8) is 0 Å². The second kappa shape index (κ2) is 6.58. The Hall–Kier alpha value is -0.120. The van der Waals surface area contributed by atoms with Crippen molar-refractivity contribution in [2.45, 2.75) is 57.2 Å². The molecule has 16 heavy (non-hydrogen) atoms. The van der Waals surface area contributed by atoms with Crippen molar-refractivity contribution in [2.75, 3.05) is 20.8 Å². The van der Waals surface area contributed by atoms with Crippen molar-refractivity contribution in [1.82, 2.24) is 0 Å². The zero-order valence-corrected chi connectivity index (χ0v) is 10.9. The molecule has 1 rings (SSSR count). The second-order valence-electron chi connectivity index (χ2n) is 5.10. The summed E-state index contributed by atoms with van der Waals surface area (Å²) in [6.45, 7) is 2.99. The molecule has 0 radical (unpaired) electrons. The Kier molecular flexibility index (Phi) is 5.73. The summed E-state index contributed by atoms with van der Waals surface area (Å²) < 4.78 is 10.6. The fourth-order valence-corrected chi connectivity index (χ4v) is 2.61. The van der Waals surface area contributed by atoms with E-state index in [-0.39, 0.29) is 11.7 Å². The van der Waals surface area contributed by atoms with E-state index in [9.17, 15) is 5.11 Å². The minimum Gasteiger partial charge on any atom is -0.390 e. The van der Waals surface area contributed by atoms with Crippen LogP contribution in [0.2, 0.25) is 0 Å². The topological polar surface area (TPSA) is 38.7 Å². The van der Waals surface area contributed by atoms with Crippen LogP contribution in [0.3, 0.4) is 0 Å². The Morgan fingerprint density at radius 2 is 1.94 bits per heavy atom. The van der Waals surface area contributed by atoms with Crippen LogP contribution in [0.4, 0.5) is 0 Å². The molecule has 1 N–H and O–H groups in total. The lowest BCUT2D eigenvalue weighted by Crippen LogP contribution is -2.46. The van der Waals surface area contributed by atoms with E-state index in [2.05, 4.69) is 6.92 Å². The number of methoxy groups -OCH3 is 2. The second-order valence-corrected chi connectivity index (χ2v) is 5.10. The molecule has 0 bridgehead atoms. The van der Waals surface area contributed by atoms with Gasteiger partial charge in [-0.05, 0) is 44.4 Å².